The number of carbonyl (C=O) groups excluding carboxylic acids is 1. The van der Waals surface area contributed by atoms with Crippen molar-refractivity contribution in [1.82, 2.24) is 15.3 Å². The summed E-state index contributed by atoms with van der Waals surface area (Å²) >= 11 is 0. The molecule has 10 heteroatoms. The lowest BCUT2D eigenvalue weighted by Gasteiger charge is -2.39. The highest BCUT2D eigenvalue weighted by Crippen LogP contribution is 2.45. The number of amides is 1. The molecule has 242 valence electrons. The van der Waals surface area contributed by atoms with Gasteiger partial charge in [0.2, 0.25) is 11.8 Å². The Bertz CT molecular complexity index is 1610. The first-order valence-corrected chi connectivity index (χ1v) is 17.5. The average Bonchev–Trinajstić information content (AvgIpc) is 3.00. The van der Waals surface area contributed by atoms with Crippen LogP contribution >= 0.6 is 0 Å². The summed E-state index contributed by atoms with van der Waals surface area (Å²) in [5.74, 6) is 1.75. The Morgan fingerprint density at radius 3 is 2.40 bits per heavy atom. The van der Waals surface area contributed by atoms with E-state index in [-0.39, 0.29) is 22.7 Å². The predicted molar refractivity (Wildman–Crippen MR) is 176 cm³/mol. The molecule has 1 amide bonds. The number of benzene rings is 2. The van der Waals surface area contributed by atoms with Gasteiger partial charge in [-0.05, 0) is 105 Å². The smallest absolute Gasteiger partial charge is 0.406 e. The second-order valence-electron chi connectivity index (χ2n) is 13.2. The highest BCUT2D eigenvalue weighted by Gasteiger charge is 2.36. The zero-order chi connectivity index (χ0) is 32.3. The SMILES string of the molecule is COC(=O)NCC1CCC(C2c3cccc(c3)S(=O)(=O)Nc3nc(c(C)c(-c4c(C)cccc4C)n3)OC[C@H]2CC(C)C)CC1. The molecule has 1 fully saturated rings. The van der Waals surface area contributed by atoms with Crippen LogP contribution in [0.5, 0.6) is 5.88 Å². The number of hydrogen-bond acceptors (Lipinski definition) is 7. The Balaban J connectivity index is 1.56. The van der Waals surface area contributed by atoms with E-state index in [1.165, 1.54) is 7.11 Å². The fourth-order valence-electron chi connectivity index (χ4n) is 7.27. The number of anilines is 1. The summed E-state index contributed by atoms with van der Waals surface area (Å²) in [7, 11) is -2.60. The van der Waals surface area contributed by atoms with E-state index in [0.717, 1.165) is 59.9 Å². The number of methoxy groups -OCH3 is 1. The van der Waals surface area contributed by atoms with Crippen LogP contribution in [0.3, 0.4) is 0 Å². The lowest BCUT2D eigenvalue weighted by molar-refractivity contribution is 0.135. The maximum absolute atomic E-state index is 13.8. The maximum Gasteiger partial charge on any atom is 0.406 e. The number of nitrogens with one attached hydrogen (secondary N) is 2. The normalized spacial score (nSPS) is 22.7. The summed E-state index contributed by atoms with van der Waals surface area (Å²) in [6, 6.07) is 13.4. The Morgan fingerprint density at radius 2 is 1.73 bits per heavy atom. The van der Waals surface area contributed by atoms with Gasteiger partial charge >= 0.3 is 6.09 Å². The van der Waals surface area contributed by atoms with Crippen molar-refractivity contribution in [3.8, 4) is 17.1 Å². The van der Waals surface area contributed by atoms with Gasteiger partial charge in [0.1, 0.15) is 0 Å². The van der Waals surface area contributed by atoms with Crippen LogP contribution in [0.15, 0.2) is 47.4 Å². The van der Waals surface area contributed by atoms with E-state index in [4.69, 9.17) is 14.5 Å². The first kappa shape index (κ1) is 32.7. The van der Waals surface area contributed by atoms with Gasteiger partial charge in [0, 0.05) is 23.6 Å². The predicted octanol–water partition coefficient (Wildman–Crippen LogP) is 7.17. The third-order valence-electron chi connectivity index (χ3n) is 9.43. The highest BCUT2D eigenvalue weighted by atomic mass is 32.2. The Kier molecular flexibility index (Phi) is 10.0. The van der Waals surface area contributed by atoms with Crippen molar-refractivity contribution in [2.45, 2.75) is 77.5 Å². The summed E-state index contributed by atoms with van der Waals surface area (Å²) in [6.45, 7) is 11.5. The van der Waals surface area contributed by atoms with Gasteiger partial charge in [-0.1, -0.05) is 44.2 Å². The summed E-state index contributed by atoms with van der Waals surface area (Å²) in [5, 5.41) is 2.86. The molecule has 0 radical (unpaired) electrons. The molecule has 0 saturated heterocycles. The number of fused-ring (bicyclic) bond motifs is 4. The van der Waals surface area contributed by atoms with E-state index in [9.17, 15) is 13.2 Å². The molecule has 9 nitrogen and oxygen atoms in total. The molecule has 2 N–H and O–H groups in total. The third-order valence-corrected chi connectivity index (χ3v) is 10.8. The van der Waals surface area contributed by atoms with E-state index in [0.29, 0.717) is 42.5 Å². The van der Waals surface area contributed by atoms with Crippen LogP contribution in [0.4, 0.5) is 10.7 Å². The van der Waals surface area contributed by atoms with Crippen molar-refractivity contribution in [2.75, 3.05) is 25.0 Å². The van der Waals surface area contributed by atoms with Gasteiger partial charge in [-0.3, -0.25) is 0 Å². The summed E-state index contributed by atoms with van der Waals surface area (Å²) < 4.78 is 41.7. The average molecular weight is 635 g/mol. The number of ether oxygens (including phenoxy) is 2. The van der Waals surface area contributed by atoms with Crippen LogP contribution in [-0.4, -0.2) is 44.7 Å². The first-order chi connectivity index (χ1) is 21.5. The Morgan fingerprint density at radius 1 is 1.04 bits per heavy atom. The van der Waals surface area contributed by atoms with Crippen molar-refractivity contribution in [1.29, 1.82) is 0 Å². The third kappa shape index (κ3) is 7.43. The molecule has 3 aromatic rings. The van der Waals surface area contributed by atoms with Crippen LogP contribution in [-0.2, 0) is 14.8 Å². The summed E-state index contributed by atoms with van der Waals surface area (Å²) in [5.41, 5.74) is 5.49. The minimum absolute atomic E-state index is 0.00456. The van der Waals surface area contributed by atoms with E-state index >= 15 is 0 Å². The van der Waals surface area contributed by atoms with Crippen LogP contribution in [0.25, 0.3) is 11.3 Å². The fourth-order valence-corrected chi connectivity index (χ4v) is 8.27. The molecule has 2 aromatic carbocycles. The number of aromatic nitrogens is 2. The number of rotatable bonds is 6. The van der Waals surface area contributed by atoms with Gasteiger partial charge in [0.25, 0.3) is 10.0 Å². The molecule has 45 heavy (non-hydrogen) atoms. The van der Waals surface area contributed by atoms with E-state index in [1.807, 2.05) is 51.1 Å². The number of sulfonamides is 1. The van der Waals surface area contributed by atoms with Gasteiger partial charge < -0.3 is 14.8 Å². The fraction of sp³-hybridized carbons (Fsp3) is 0.514. The van der Waals surface area contributed by atoms with E-state index < -0.39 is 16.1 Å². The standard InChI is InChI=1S/C35H46N4O5S/c1-21(2)17-28-20-44-33-24(5)32(30-22(3)9-7-10-23(30)4)37-34(38-33)39-45(41,42)29-12-8-11-27(18-29)31(28)26-15-13-25(14-16-26)19-36-35(40)43-6/h7-12,18,21,25-26,28,31H,13-17,19-20H2,1-6H3,(H,36,40)(H,37,38,39)/t25?,26?,28-,31?/m1/s1. The van der Waals surface area contributed by atoms with Crippen LogP contribution in [0.1, 0.15) is 74.1 Å². The Labute approximate surface area is 267 Å². The largest absolute Gasteiger partial charge is 0.477 e. The van der Waals surface area contributed by atoms with E-state index in [2.05, 4.69) is 34.9 Å². The number of hydrogen-bond donors (Lipinski definition) is 2. The Hall–Kier alpha value is -3.66. The van der Waals surface area contributed by atoms with Crippen molar-refractivity contribution in [2.24, 2.45) is 23.7 Å². The quantitative estimate of drug-likeness (QED) is 0.295. The minimum Gasteiger partial charge on any atom is -0.477 e. The zero-order valence-corrected chi connectivity index (χ0v) is 28.0. The molecule has 1 unspecified atom stereocenters. The van der Waals surface area contributed by atoms with Gasteiger partial charge in [0.15, 0.2) is 0 Å². The summed E-state index contributed by atoms with van der Waals surface area (Å²) in [6.07, 6.45) is 4.44. The first-order valence-electron chi connectivity index (χ1n) is 16.0. The molecule has 1 saturated carbocycles. The second-order valence-corrected chi connectivity index (χ2v) is 14.8. The van der Waals surface area contributed by atoms with Crippen LogP contribution in [0.2, 0.25) is 0 Å². The highest BCUT2D eigenvalue weighted by molar-refractivity contribution is 7.92. The van der Waals surface area contributed by atoms with Crippen molar-refractivity contribution >= 4 is 22.1 Å². The molecule has 1 aliphatic heterocycles. The topological polar surface area (TPSA) is 120 Å². The molecule has 1 aliphatic carbocycles. The van der Waals surface area contributed by atoms with Gasteiger partial charge in [-0.25, -0.2) is 22.9 Å². The second kappa shape index (κ2) is 13.8. The zero-order valence-electron chi connectivity index (χ0n) is 27.2. The molecule has 5 rings (SSSR count). The number of carbonyl (C=O) groups is 1. The number of alkyl carbamates (subject to hydrolysis) is 1. The lowest BCUT2D eigenvalue weighted by atomic mass is 9.67. The molecule has 1 aromatic heterocycles. The van der Waals surface area contributed by atoms with Crippen molar-refractivity contribution < 1.29 is 22.7 Å². The van der Waals surface area contributed by atoms with Crippen molar-refractivity contribution in [3.63, 3.8) is 0 Å². The molecule has 2 aliphatic rings. The lowest BCUT2D eigenvalue weighted by Crippen LogP contribution is -2.34. The van der Waals surface area contributed by atoms with Gasteiger partial charge in [-0.15, -0.1) is 0 Å². The van der Waals surface area contributed by atoms with Gasteiger partial charge in [0.05, 0.1) is 24.3 Å². The van der Waals surface area contributed by atoms with Crippen LogP contribution < -0.4 is 14.8 Å². The maximum atomic E-state index is 13.8. The van der Waals surface area contributed by atoms with Crippen molar-refractivity contribution in [3.05, 3.63) is 64.7 Å². The number of aryl methyl sites for hydroxylation is 2. The molecule has 2 heterocycles. The van der Waals surface area contributed by atoms with Crippen LogP contribution in [0, 0.1) is 44.4 Å². The minimum atomic E-state index is -3.98. The molecule has 0 spiro atoms. The number of nitrogens with zero attached hydrogens (tertiary/aromatic N) is 2. The molecular formula is C35H46N4O5S. The molecule has 2 atom stereocenters. The van der Waals surface area contributed by atoms with E-state index in [1.54, 1.807) is 6.07 Å². The monoisotopic (exact) mass is 634 g/mol. The van der Waals surface area contributed by atoms with Gasteiger partial charge in [-0.2, -0.15) is 4.98 Å². The molecule has 4 bridgehead atoms. The summed E-state index contributed by atoms with van der Waals surface area (Å²) in [4.78, 5) is 21.2. The molecular weight excluding hydrogens is 588 g/mol.